The van der Waals surface area contributed by atoms with Crippen LogP contribution in [0.2, 0.25) is 0 Å². The standard InChI is InChI=1S/C10H16BrN5O/c1-6(2)14-9(17)3-4-13-10-15-7(11)5-8(12)16-10/h5-6H,3-4H2,1-2H3,(H,14,17)(H3,12,13,15,16). The highest BCUT2D eigenvalue weighted by atomic mass is 79.9. The summed E-state index contributed by atoms with van der Waals surface area (Å²) in [6, 6.07) is 1.76. The van der Waals surface area contributed by atoms with E-state index in [-0.39, 0.29) is 11.9 Å². The van der Waals surface area contributed by atoms with Crippen molar-refractivity contribution >= 4 is 33.6 Å². The lowest BCUT2D eigenvalue weighted by molar-refractivity contribution is -0.121. The molecule has 0 aliphatic rings. The highest BCUT2D eigenvalue weighted by Crippen LogP contribution is 2.11. The van der Waals surface area contributed by atoms with E-state index in [0.717, 1.165) is 0 Å². The summed E-state index contributed by atoms with van der Waals surface area (Å²) in [4.78, 5) is 19.4. The molecular formula is C10H16BrN5O. The highest BCUT2D eigenvalue weighted by Gasteiger charge is 2.04. The van der Waals surface area contributed by atoms with Crippen LogP contribution in [0.5, 0.6) is 0 Å². The lowest BCUT2D eigenvalue weighted by atomic mass is 10.3. The molecule has 17 heavy (non-hydrogen) atoms. The summed E-state index contributed by atoms with van der Waals surface area (Å²) in [6.45, 7) is 4.31. The van der Waals surface area contributed by atoms with Gasteiger partial charge >= 0.3 is 0 Å². The maximum Gasteiger partial charge on any atom is 0.225 e. The van der Waals surface area contributed by atoms with Crippen molar-refractivity contribution in [3.8, 4) is 0 Å². The third-order valence-electron chi connectivity index (χ3n) is 1.80. The minimum Gasteiger partial charge on any atom is -0.383 e. The lowest BCUT2D eigenvalue weighted by Gasteiger charge is -2.09. The van der Waals surface area contributed by atoms with Gasteiger partial charge < -0.3 is 16.4 Å². The van der Waals surface area contributed by atoms with E-state index < -0.39 is 0 Å². The molecule has 0 fully saturated rings. The normalized spacial score (nSPS) is 10.4. The largest absolute Gasteiger partial charge is 0.383 e. The number of nitrogens with zero attached hydrogens (tertiary/aromatic N) is 2. The number of rotatable bonds is 5. The number of aromatic nitrogens is 2. The molecular weight excluding hydrogens is 286 g/mol. The van der Waals surface area contributed by atoms with Gasteiger partial charge in [-0.3, -0.25) is 4.79 Å². The van der Waals surface area contributed by atoms with Gasteiger partial charge in [-0.2, -0.15) is 4.98 Å². The molecule has 1 amide bonds. The number of carbonyl (C=O) groups is 1. The molecule has 1 rings (SSSR count). The molecule has 0 saturated carbocycles. The van der Waals surface area contributed by atoms with Crippen LogP contribution in [0.1, 0.15) is 20.3 Å². The van der Waals surface area contributed by atoms with Crippen LogP contribution in [-0.4, -0.2) is 28.5 Å². The zero-order valence-electron chi connectivity index (χ0n) is 9.83. The van der Waals surface area contributed by atoms with Gasteiger partial charge in [0.25, 0.3) is 0 Å². The van der Waals surface area contributed by atoms with E-state index in [4.69, 9.17) is 5.73 Å². The van der Waals surface area contributed by atoms with Gasteiger partial charge in [0, 0.05) is 25.1 Å². The zero-order chi connectivity index (χ0) is 12.8. The van der Waals surface area contributed by atoms with Gasteiger partial charge in [-0.15, -0.1) is 0 Å². The monoisotopic (exact) mass is 301 g/mol. The molecule has 1 aromatic heterocycles. The Hall–Kier alpha value is -1.37. The van der Waals surface area contributed by atoms with Crippen LogP contribution < -0.4 is 16.4 Å². The van der Waals surface area contributed by atoms with Crippen molar-refractivity contribution in [3.63, 3.8) is 0 Å². The van der Waals surface area contributed by atoms with E-state index in [2.05, 4.69) is 36.5 Å². The average molecular weight is 302 g/mol. The number of anilines is 2. The smallest absolute Gasteiger partial charge is 0.225 e. The maximum absolute atomic E-state index is 11.4. The summed E-state index contributed by atoms with van der Waals surface area (Å²) in [5, 5.41) is 5.74. The Labute approximate surface area is 109 Å². The predicted molar refractivity (Wildman–Crippen MR) is 70.5 cm³/mol. The molecule has 1 heterocycles. The third-order valence-corrected chi connectivity index (χ3v) is 2.21. The maximum atomic E-state index is 11.4. The van der Waals surface area contributed by atoms with Crippen LogP contribution in [0.15, 0.2) is 10.7 Å². The molecule has 0 spiro atoms. The van der Waals surface area contributed by atoms with Crippen molar-refractivity contribution in [2.75, 3.05) is 17.6 Å². The Kier molecular flexibility index (Phi) is 5.14. The minimum absolute atomic E-state index is 0.00420. The van der Waals surface area contributed by atoms with Crippen LogP contribution in [-0.2, 0) is 4.79 Å². The summed E-state index contributed by atoms with van der Waals surface area (Å²) in [5.74, 6) is 0.783. The SMILES string of the molecule is CC(C)NC(=O)CCNc1nc(N)cc(Br)n1. The van der Waals surface area contributed by atoms with E-state index in [1.807, 2.05) is 13.8 Å². The van der Waals surface area contributed by atoms with Crippen molar-refractivity contribution in [2.24, 2.45) is 0 Å². The first kappa shape index (κ1) is 13.7. The first-order valence-electron chi connectivity index (χ1n) is 5.30. The molecule has 0 aromatic carbocycles. The van der Waals surface area contributed by atoms with Crippen molar-refractivity contribution in [3.05, 3.63) is 10.7 Å². The molecule has 0 radical (unpaired) electrons. The fourth-order valence-electron chi connectivity index (χ4n) is 1.20. The van der Waals surface area contributed by atoms with Gasteiger partial charge in [0.1, 0.15) is 10.4 Å². The number of hydrogen-bond acceptors (Lipinski definition) is 5. The Morgan fingerprint density at radius 3 is 2.82 bits per heavy atom. The van der Waals surface area contributed by atoms with E-state index in [1.54, 1.807) is 6.07 Å². The molecule has 4 N–H and O–H groups in total. The molecule has 94 valence electrons. The van der Waals surface area contributed by atoms with Crippen LogP contribution in [0, 0.1) is 0 Å². The second-order valence-electron chi connectivity index (χ2n) is 3.84. The zero-order valence-corrected chi connectivity index (χ0v) is 11.4. The predicted octanol–water partition coefficient (Wildman–Crippen LogP) is 1.15. The van der Waals surface area contributed by atoms with Crippen molar-refractivity contribution in [2.45, 2.75) is 26.3 Å². The van der Waals surface area contributed by atoms with E-state index in [1.165, 1.54) is 0 Å². The number of carbonyl (C=O) groups excluding carboxylic acids is 1. The second-order valence-corrected chi connectivity index (χ2v) is 4.65. The van der Waals surface area contributed by atoms with Crippen molar-refractivity contribution in [1.29, 1.82) is 0 Å². The molecule has 0 atom stereocenters. The molecule has 0 aliphatic heterocycles. The Bertz CT molecular complexity index is 376. The molecule has 6 nitrogen and oxygen atoms in total. The van der Waals surface area contributed by atoms with Gasteiger partial charge in [0.15, 0.2) is 0 Å². The Balaban J connectivity index is 2.38. The van der Waals surface area contributed by atoms with Crippen molar-refractivity contribution in [1.82, 2.24) is 15.3 Å². The van der Waals surface area contributed by atoms with Gasteiger partial charge in [-0.05, 0) is 29.8 Å². The molecule has 0 unspecified atom stereocenters. The first-order chi connectivity index (χ1) is 7.97. The molecule has 0 saturated heterocycles. The molecule has 0 bridgehead atoms. The number of amides is 1. The average Bonchev–Trinajstić information content (AvgIpc) is 2.14. The third kappa shape index (κ3) is 5.48. The topological polar surface area (TPSA) is 92.9 Å². The molecule has 0 aliphatic carbocycles. The van der Waals surface area contributed by atoms with Crippen LogP contribution >= 0.6 is 15.9 Å². The number of hydrogen-bond donors (Lipinski definition) is 3. The summed E-state index contributed by atoms with van der Waals surface area (Å²) in [7, 11) is 0. The Morgan fingerprint density at radius 2 is 2.24 bits per heavy atom. The lowest BCUT2D eigenvalue weighted by Crippen LogP contribution is -2.31. The number of nitrogen functional groups attached to an aromatic ring is 1. The van der Waals surface area contributed by atoms with Gasteiger partial charge in [0.05, 0.1) is 0 Å². The van der Waals surface area contributed by atoms with E-state index >= 15 is 0 Å². The van der Waals surface area contributed by atoms with Crippen LogP contribution in [0.25, 0.3) is 0 Å². The quantitative estimate of drug-likeness (QED) is 0.709. The highest BCUT2D eigenvalue weighted by molar-refractivity contribution is 9.10. The summed E-state index contributed by atoms with van der Waals surface area (Å²) >= 11 is 3.22. The number of nitrogens with two attached hydrogens (primary N) is 1. The van der Waals surface area contributed by atoms with E-state index in [9.17, 15) is 4.79 Å². The number of nitrogens with one attached hydrogen (secondary N) is 2. The van der Waals surface area contributed by atoms with Crippen LogP contribution in [0.3, 0.4) is 0 Å². The minimum atomic E-state index is -0.00420. The van der Waals surface area contributed by atoms with Gasteiger partial charge in [0.2, 0.25) is 11.9 Å². The Morgan fingerprint density at radius 1 is 1.53 bits per heavy atom. The van der Waals surface area contributed by atoms with Crippen molar-refractivity contribution < 1.29 is 4.79 Å². The van der Waals surface area contributed by atoms with Gasteiger partial charge in [-0.25, -0.2) is 4.98 Å². The molecule has 7 heteroatoms. The summed E-state index contributed by atoms with van der Waals surface area (Å²) in [5.41, 5.74) is 5.56. The summed E-state index contributed by atoms with van der Waals surface area (Å²) in [6.07, 6.45) is 0.369. The fourth-order valence-corrected chi connectivity index (χ4v) is 1.60. The first-order valence-corrected chi connectivity index (χ1v) is 6.10. The fraction of sp³-hybridized carbons (Fsp3) is 0.500. The second kappa shape index (κ2) is 6.39. The van der Waals surface area contributed by atoms with Gasteiger partial charge in [-0.1, -0.05) is 0 Å². The van der Waals surface area contributed by atoms with Crippen LogP contribution in [0.4, 0.5) is 11.8 Å². The van der Waals surface area contributed by atoms with E-state index in [0.29, 0.717) is 29.3 Å². The number of halogens is 1. The molecule has 1 aromatic rings. The summed E-state index contributed by atoms with van der Waals surface area (Å²) < 4.78 is 0.610.